The summed E-state index contributed by atoms with van der Waals surface area (Å²) in [5, 5.41) is 11.6. The number of amides is 1. The van der Waals surface area contributed by atoms with E-state index < -0.39 is 4.92 Å². The average molecular weight is 442 g/mol. The molecule has 1 aliphatic rings. The van der Waals surface area contributed by atoms with Gasteiger partial charge < -0.3 is 19.3 Å². The SMILES string of the molecule is CCOc1cc(C(=O)N2CCCN(CCCc3ccccc3)CC2)c([N+](=O)[O-])cc1OC. The summed E-state index contributed by atoms with van der Waals surface area (Å²) >= 11 is 0. The Bertz CT molecular complexity index is 919. The molecule has 1 aliphatic heterocycles. The summed E-state index contributed by atoms with van der Waals surface area (Å²) in [4.78, 5) is 28.4. The van der Waals surface area contributed by atoms with Crippen molar-refractivity contribution in [1.82, 2.24) is 9.80 Å². The molecule has 0 N–H and O–H groups in total. The van der Waals surface area contributed by atoms with Crippen molar-refractivity contribution in [2.24, 2.45) is 0 Å². The van der Waals surface area contributed by atoms with E-state index in [-0.39, 0.29) is 22.9 Å². The maximum atomic E-state index is 13.2. The van der Waals surface area contributed by atoms with Crippen LogP contribution in [-0.2, 0) is 6.42 Å². The zero-order chi connectivity index (χ0) is 22.9. The van der Waals surface area contributed by atoms with Crippen LogP contribution in [0.5, 0.6) is 11.5 Å². The minimum Gasteiger partial charge on any atom is -0.493 e. The van der Waals surface area contributed by atoms with E-state index in [0.717, 1.165) is 38.9 Å². The van der Waals surface area contributed by atoms with Crippen LogP contribution in [0, 0.1) is 10.1 Å². The summed E-state index contributed by atoms with van der Waals surface area (Å²) in [6, 6.07) is 13.1. The predicted octanol–water partition coefficient (Wildman–Crippen LogP) is 3.78. The second-order valence-electron chi connectivity index (χ2n) is 7.79. The molecule has 0 unspecified atom stereocenters. The predicted molar refractivity (Wildman–Crippen MR) is 123 cm³/mol. The molecule has 2 aromatic rings. The van der Waals surface area contributed by atoms with Gasteiger partial charge in [-0.05, 0) is 44.8 Å². The summed E-state index contributed by atoms with van der Waals surface area (Å²) in [7, 11) is 1.42. The van der Waals surface area contributed by atoms with Gasteiger partial charge in [0.15, 0.2) is 11.5 Å². The number of nitrogens with zero attached hydrogens (tertiary/aromatic N) is 3. The van der Waals surface area contributed by atoms with E-state index in [1.54, 1.807) is 4.90 Å². The summed E-state index contributed by atoms with van der Waals surface area (Å²) in [6.07, 6.45) is 2.91. The van der Waals surface area contributed by atoms with E-state index in [1.165, 1.54) is 24.8 Å². The normalized spacial score (nSPS) is 14.6. The molecule has 0 bridgehead atoms. The van der Waals surface area contributed by atoms with Gasteiger partial charge in [0.25, 0.3) is 11.6 Å². The number of carbonyl (C=O) groups is 1. The lowest BCUT2D eigenvalue weighted by atomic mass is 10.1. The quantitative estimate of drug-likeness (QED) is 0.435. The third-order valence-corrected chi connectivity index (χ3v) is 5.67. The minimum absolute atomic E-state index is 0.0387. The van der Waals surface area contributed by atoms with E-state index >= 15 is 0 Å². The molecule has 0 saturated carbocycles. The first-order chi connectivity index (χ1) is 15.5. The Balaban J connectivity index is 1.66. The van der Waals surface area contributed by atoms with Crippen molar-refractivity contribution in [1.29, 1.82) is 0 Å². The number of carbonyl (C=O) groups excluding carboxylic acids is 1. The number of hydrogen-bond acceptors (Lipinski definition) is 6. The smallest absolute Gasteiger partial charge is 0.286 e. The van der Waals surface area contributed by atoms with Crippen molar-refractivity contribution >= 4 is 11.6 Å². The lowest BCUT2D eigenvalue weighted by molar-refractivity contribution is -0.385. The van der Waals surface area contributed by atoms with Crippen LogP contribution in [0.25, 0.3) is 0 Å². The highest BCUT2D eigenvalue weighted by Gasteiger charge is 2.29. The summed E-state index contributed by atoms with van der Waals surface area (Å²) in [6.45, 7) is 5.91. The molecule has 0 radical (unpaired) electrons. The lowest BCUT2D eigenvalue weighted by Crippen LogP contribution is -2.35. The fourth-order valence-electron chi connectivity index (χ4n) is 4.02. The number of nitro benzene ring substituents is 1. The minimum atomic E-state index is -0.542. The van der Waals surface area contributed by atoms with Gasteiger partial charge in [-0.15, -0.1) is 0 Å². The fraction of sp³-hybridized carbons (Fsp3) is 0.458. The highest BCUT2D eigenvalue weighted by molar-refractivity contribution is 5.99. The number of methoxy groups -OCH3 is 1. The topological polar surface area (TPSA) is 85.2 Å². The monoisotopic (exact) mass is 441 g/mol. The van der Waals surface area contributed by atoms with E-state index in [0.29, 0.717) is 25.4 Å². The molecule has 8 heteroatoms. The molecule has 2 aromatic carbocycles. The average Bonchev–Trinajstić information content (AvgIpc) is 3.05. The third-order valence-electron chi connectivity index (χ3n) is 5.67. The first-order valence-electron chi connectivity index (χ1n) is 11.1. The van der Waals surface area contributed by atoms with Crippen molar-refractivity contribution in [2.45, 2.75) is 26.2 Å². The molecule has 0 spiro atoms. The van der Waals surface area contributed by atoms with Gasteiger partial charge in [-0.2, -0.15) is 0 Å². The second kappa shape index (κ2) is 11.5. The Kier molecular flexibility index (Phi) is 8.44. The Morgan fingerprint density at radius 1 is 1.09 bits per heavy atom. The van der Waals surface area contributed by atoms with Crippen LogP contribution >= 0.6 is 0 Å². The Hall–Kier alpha value is -3.13. The first-order valence-corrected chi connectivity index (χ1v) is 11.1. The van der Waals surface area contributed by atoms with Crippen molar-refractivity contribution in [2.75, 3.05) is 46.4 Å². The van der Waals surface area contributed by atoms with Crippen molar-refractivity contribution < 1.29 is 19.2 Å². The van der Waals surface area contributed by atoms with Crippen LogP contribution in [0.4, 0.5) is 5.69 Å². The highest BCUT2D eigenvalue weighted by atomic mass is 16.6. The number of benzene rings is 2. The molecule has 172 valence electrons. The van der Waals surface area contributed by atoms with E-state index in [1.807, 2.05) is 13.0 Å². The number of nitro groups is 1. The second-order valence-corrected chi connectivity index (χ2v) is 7.79. The van der Waals surface area contributed by atoms with Crippen LogP contribution in [-0.4, -0.2) is 67.1 Å². The zero-order valence-corrected chi connectivity index (χ0v) is 18.8. The molecular formula is C24H31N3O5. The van der Waals surface area contributed by atoms with Crippen LogP contribution < -0.4 is 9.47 Å². The molecule has 32 heavy (non-hydrogen) atoms. The number of rotatable bonds is 9. The van der Waals surface area contributed by atoms with Crippen molar-refractivity contribution in [3.63, 3.8) is 0 Å². The van der Waals surface area contributed by atoms with Gasteiger partial charge in [0.1, 0.15) is 5.56 Å². The van der Waals surface area contributed by atoms with Gasteiger partial charge >= 0.3 is 0 Å². The Morgan fingerprint density at radius 2 is 1.88 bits per heavy atom. The maximum absolute atomic E-state index is 13.2. The summed E-state index contributed by atoms with van der Waals surface area (Å²) < 4.78 is 10.7. The van der Waals surface area contributed by atoms with Crippen LogP contribution in [0.1, 0.15) is 35.7 Å². The largest absolute Gasteiger partial charge is 0.493 e. The van der Waals surface area contributed by atoms with Gasteiger partial charge in [-0.25, -0.2) is 0 Å². The van der Waals surface area contributed by atoms with Crippen LogP contribution in [0.2, 0.25) is 0 Å². The molecule has 0 aliphatic carbocycles. The number of ether oxygens (including phenoxy) is 2. The molecular weight excluding hydrogens is 410 g/mol. The number of aryl methyl sites for hydroxylation is 1. The molecule has 1 heterocycles. The molecule has 8 nitrogen and oxygen atoms in total. The molecule has 0 aromatic heterocycles. The van der Waals surface area contributed by atoms with Crippen LogP contribution in [0.3, 0.4) is 0 Å². The van der Waals surface area contributed by atoms with E-state index in [4.69, 9.17) is 9.47 Å². The first kappa shape index (κ1) is 23.5. The number of hydrogen-bond donors (Lipinski definition) is 0. The Morgan fingerprint density at radius 3 is 2.56 bits per heavy atom. The van der Waals surface area contributed by atoms with Gasteiger partial charge in [0.2, 0.25) is 0 Å². The zero-order valence-electron chi connectivity index (χ0n) is 18.8. The summed E-state index contributed by atoms with van der Waals surface area (Å²) in [5.74, 6) is 0.239. The van der Waals surface area contributed by atoms with Gasteiger partial charge in [-0.3, -0.25) is 14.9 Å². The van der Waals surface area contributed by atoms with E-state index in [9.17, 15) is 14.9 Å². The molecule has 0 atom stereocenters. The highest BCUT2D eigenvalue weighted by Crippen LogP contribution is 2.35. The molecule has 3 rings (SSSR count). The van der Waals surface area contributed by atoms with E-state index in [2.05, 4.69) is 29.2 Å². The van der Waals surface area contributed by atoms with Gasteiger partial charge in [0, 0.05) is 25.7 Å². The van der Waals surface area contributed by atoms with Crippen molar-refractivity contribution in [3.05, 3.63) is 63.7 Å². The Labute approximate surface area is 188 Å². The molecule has 1 amide bonds. The van der Waals surface area contributed by atoms with Crippen LogP contribution in [0.15, 0.2) is 42.5 Å². The third kappa shape index (κ3) is 5.97. The molecule has 1 saturated heterocycles. The maximum Gasteiger partial charge on any atom is 0.286 e. The standard InChI is InChI=1S/C24H31N3O5/c1-3-32-23-17-20(21(27(29)30)18-22(23)31-2)24(28)26-14-8-13-25(15-16-26)12-7-11-19-9-5-4-6-10-19/h4-6,9-10,17-18H,3,7-8,11-16H2,1-2H3. The fourth-order valence-corrected chi connectivity index (χ4v) is 4.02. The summed E-state index contributed by atoms with van der Waals surface area (Å²) in [5.41, 5.74) is 1.10. The van der Waals surface area contributed by atoms with Gasteiger partial charge in [-0.1, -0.05) is 30.3 Å². The molecule has 1 fully saturated rings. The van der Waals surface area contributed by atoms with Crippen molar-refractivity contribution in [3.8, 4) is 11.5 Å². The van der Waals surface area contributed by atoms with Gasteiger partial charge in [0.05, 0.1) is 24.7 Å². The lowest BCUT2D eigenvalue weighted by Gasteiger charge is -2.22.